The first-order valence-electron chi connectivity index (χ1n) is 6.07. The van der Waals surface area contributed by atoms with Crippen molar-refractivity contribution in [2.75, 3.05) is 13.2 Å². The molecule has 1 saturated heterocycles. The maximum Gasteiger partial charge on any atom is 0.271 e. The Hall–Kier alpha value is -0.950. The number of aliphatic hydroxyl groups is 2. The Balaban J connectivity index is 2.00. The molecule has 2 aliphatic rings. The maximum absolute atomic E-state index is 11.6. The van der Waals surface area contributed by atoms with Gasteiger partial charge in [0.05, 0.1) is 5.70 Å². The number of ketones is 1. The Kier molecular flexibility index (Phi) is 3.23. The second-order valence-corrected chi connectivity index (χ2v) is 5.73. The molecule has 3 N–H and O–H groups in total. The zero-order chi connectivity index (χ0) is 13.6. The van der Waals surface area contributed by atoms with Gasteiger partial charge in [0.2, 0.25) is 0 Å². The van der Waals surface area contributed by atoms with Gasteiger partial charge < -0.3 is 15.5 Å². The molecule has 1 fully saturated rings. The second-order valence-electron chi connectivity index (χ2n) is 5.73. The molecular formula is C12H20N2O4. The first-order chi connectivity index (χ1) is 8.30. The van der Waals surface area contributed by atoms with Gasteiger partial charge in [-0.1, -0.05) is 6.08 Å². The molecule has 2 unspecified atom stereocenters. The molecule has 0 amide bonds. The topological polar surface area (TPSA) is 85.1 Å². The van der Waals surface area contributed by atoms with Crippen LogP contribution in [0.5, 0.6) is 0 Å². The molecule has 6 nitrogen and oxygen atoms in total. The maximum atomic E-state index is 11.6. The van der Waals surface area contributed by atoms with Crippen molar-refractivity contribution in [3.8, 4) is 0 Å². The number of hydrogen-bond acceptors (Lipinski definition) is 6. The summed E-state index contributed by atoms with van der Waals surface area (Å²) in [5, 5.41) is 23.8. The predicted molar refractivity (Wildman–Crippen MR) is 64.2 cm³/mol. The van der Waals surface area contributed by atoms with Crippen molar-refractivity contribution in [2.45, 2.75) is 44.6 Å². The molecule has 102 valence electrons. The van der Waals surface area contributed by atoms with E-state index in [2.05, 4.69) is 5.32 Å². The molecule has 0 aliphatic carbocycles. The summed E-state index contributed by atoms with van der Waals surface area (Å²) in [6, 6.07) is 0. The number of allylic oxidation sites excluding steroid dienone is 1. The van der Waals surface area contributed by atoms with Crippen LogP contribution >= 0.6 is 0 Å². The van der Waals surface area contributed by atoms with E-state index in [0.29, 0.717) is 12.2 Å². The van der Waals surface area contributed by atoms with Crippen LogP contribution in [-0.2, 0) is 9.63 Å². The molecule has 0 bridgehead atoms. The Morgan fingerprint density at radius 2 is 2.28 bits per heavy atom. The number of Topliss-reactive ketones (excluding diaryl/α,β-unsaturated/α-hetero) is 1. The molecule has 0 radical (unpaired) electrons. The SMILES string of the molecule is CC(C)(C)NCC(O)C1=CCC(=O)C2(CO)ON12. The molecule has 18 heavy (non-hydrogen) atoms. The number of carbonyl (C=O) groups excluding carboxylic acids is 1. The fraction of sp³-hybridized carbons (Fsp3) is 0.750. The van der Waals surface area contributed by atoms with Gasteiger partial charge in [-0.2, -0.15) is 0 Å². The highest BCUT2D eigenvalue weighted by Gasteiger charge is 2.64. The minimum atomic E-state index is -1.23. The largest absolute Gasteiger partial charge is 0.391 e. The number of β-amino-alcohol motifs (C(OH)–C–C–N with tert-alkyl or cyclic N) is 1. The molecule has 2 heterocycles. The van der Waals surface area contributed by atoms with Crippen LogP contribution < -0.4 is 5.32 Å². The lowest BCUT2D eigenvalue weighted by Crippen LogP contribution is -2.44. The van der Waals surface area contributed by atoms with Crippen LogP contribution in [0.25, 0.3) is 0 Å². The van der Waals surface area contributed by atoms with E-state index in [-0.39, 0.29) is 24.3 Å². The van der Waals surface area contributed by atoms with Crippen molar-refractivity contribution in [1.29, 1.82) is 0 Å². The average Bonchev–Trinajstić information content (AvgIpc) is 3.02. The van der Waals surface area contributed by atoms with Crippen molar-refractivity contribution < 1.29 is 19.8 Å². The Morgan fingerprint density at radius 3 is 2.83 bits per heavy atom. The molecular weight excluding hydrogens is 236 g/mol. The minimum Gasteiger partial charge on any atom is -0.391 e. The van der Waals surface area contributed by atoms with Gasteiger partial charge in [-0.25, -0.2) is 9.90 Å². The third kappa shape index (κ3) is 2.29. The fourth-order valence-corrected chi connectivity index (χ4v) is 1.96. The van der Waals surface area contributed by atoms with E-state index in [1.54, 1.807) is 6.08 Å². The molecule has 6 heteroatoms. The minimum absolute atomic E-state index is 0.0974. The molecule has 0 saturated carbocycles. The van der Waals surface area contributed by atoms with Crippen LogP contribution in [0, 0.1) is 0 Å². The highest BCUT2D eigenvalue weighted by atomic mass is 16.9. The molecule has 2 atom stereocenters. The van der Waals surface area contributed by atoms with Gasteiger partial charge >= 0.3 is 0 Å². The third-order valence-electron chi connectivity index (χ3n) is 3.09. The summed E-state index contributed by atoms with van der Waals surface area (Å²) in [6.45, 7) is 5.99. The van der Waals surface area contributed by atoms with Crippen LogP contribution in [-0.4, -0.2) is 51.6 Å². The normalized spacial score (nSPS) is 28.8. The number of rotatable bonds is 4. The molecule has 0 aromatic carbocycles. The van der Waals surface area contributed by atoms with Crippen LogP contribution in [0.15, 0.2) is 11.8 Å². The standard InChI is InChI=1S/C12H20N2O4/c1-11(2,3)13-6-9(16)8-4-5-10(17)12(7-15)14(8)18-12/h4,9,13,15-16H,5-7H2,1-3H3. The zero-order valence-electron chi connectivity index (χ0n) is 10.9. The van der Waals surface area contributed by atoms with Gasteiger partial charge in [-0.05, 0) is 20.8 Å². The Morgan fingerprint density at radius 1 is 1.61 bits per heavy atom. The molecule has 0 aromatic heterocycles. The van der Waals surface area contributed by atoms with E-state index in [1.165, 1.54) is 5.06 Å². The summed E-state index contributed by atoms with van der Waals surface area (Å²) < 4.78 is 0. The summed E-state index contributed by atoms with van der Waals surface area (Å²) in [7, 11) is 0. The van der Waals surface area contributed by atoms with Crippen molar-refractivity contribution in [3.63, 3.8) is 0 Å². The van der Waals surface area contributed by atoms with Crippen LogP contribution in [0.1, 0.15) is 27.2 Å². The molecule has 2 aliphatic heterocycles. The van der Waals surface area contributed by atoms with Gasteiger partial charge in [0.15, 0.2) is 5.78 Å². The summed E-state index contributed by atoms with van der Waals surface area (Å²) in [5.41, 5.74) is -0.785. The smallest absolute Gasteiger partial charge is 0.271 e. The number of hydroxylamine groups is 2. The van der Waals surface area contributed by atoms with Crippen LogP contribution in [0.2, 0.25) is 0 Å². The van der Waals surface area contributed by atoms with E-state index < -0.39 is 11.8 Å². The highest BCUT2D eigenvalue weighted by molar-refractivity contribution is 5.91. The monoisotopic (exact) mass is 256 g/mol. The highest BCUT2D eigenvalue weighted by Crippen LogP contribution is 2.44. The van der Waals surface area contributed by atoms with Crippen molar-refractivity contribution >= 4 is 5.78 Å². The van der Waals surface area contributed by atoms with Crippen molar-refractivity contribution in [3.05, 3.63) is 11.8 Å². The molecule has 0 aromatic rings. The van der Waals surface area contributed by atoms with Crippen molar-refractivity contribution in [1.82, 2.24) is 10.4 Å². The summed E-state index contributed by atoms with van der Waals surface area (Å²) in [6.07, 6.45) is 1.07. The quantitative estimate of drug-likeness (QED) is 0.590. The number of nitrogens with zero attached hydrogens (tertiary/aromatic N) is 1. The lowest BCUT2D eigenvalue weighted by molar-refractivity contribution is -0.125. The van der Waals surface area contributed by atoms with Crippen molar-refractivity contribution in [2.24, 2.45) is 0 Å². The number of aliphatic hydroxyl groups excluding tert-OH is 2. The van der Waals surface area contributed by atoms with E-state index in [4.69, 9.17) is 4.84 Å². The second kappa shape index (κ2) is 4.31. The number of fused-ring (bicyclic) bond motifs is 1. The average molecular weight is 256 g/mol. The summed E-state index contributed by atoms with van der Waals surface area (Å²) >= 11 is 0. The van der Waals surface area contributed by atoms with Gasteiger partial charge in [0.25, 0.3) is 5.72 Å². The van der Waals surface area contributed by atoms with E-state index in [9.17, 15) is 15.0 Å². The summed E-state index contributed by atoms with van der Waals surface area (Å²) in [4.78, 5) is 16.8. The number of nitrogens with one attached hydrogen (secondary N) is 1. The van der Waals surface area contributed by atoms with E-state index >= 15 is 0 Å². The predicted octanol–water partition coefficient (Wildman–Crippen LogP) is -0.472. The van der Waals surface area contributed by atoms with E-state index in [0.717, 1.165) is 0 Å². The first-order valence-corrected chi connectivity index (χ1v) is 6.07. The molecule has 2 rings (SSSR count). The summed E-state index contributed by atoms with van der Waals surface area (Å²) in [5.74, 6) is -0.176. The number of carbonyl (C=O) groups is 1. The zero-order valence-corrected chi connectivity index (χ0v) is 10.9. The lowest BCUT2D eigenvalue weighted by Gasteiger charge is -2.25. The number of hydrogen-bond donors (Lipinski definition) is 3. The Labute approximate surface area is 106 Å². The lowest BCUT2D eigenvalue weighted by atomic mass is 10.0. The van der Waals surface area contributed by atoms with E-state index in [1.807, 2.05) is 20.8 Å². The van der Waals surface area contributed by atoms with Gasteiger partial charge in [0.1, 0.15) is 12.7 Å². The van der Waals surface area contributed by atoms with Crippen LogP contribution in [0.3, 0.4) is 0 Å². The Bertz CT molecular complexity index is 388. The van der Waals surface area contributed by atoms with Gasteiger partial charge in [-0.15, -0.1) is 0 Å². The molecule has 0 spiro atoms. The first kappa shape index (κ1) is 13.5. The van der Waals surface area contributed by atoms with Gasteiger partial charge in [-0.3, -0.25) is 4.79 Å². The van der Waals surface area contributed by atoms with Crippen LogP contribution in [0.4, 0.5) is 0 Å². The fourth-order valence-electron chi connectivity index (χ4n) is 1.96. The van der Waals surface area contributed by atoms with Gasteiger partial charge in [0, 0.05) is 18.5 Å². The third-order valence-corrected chi connectivity index (χ3v) is 3.09.